The molecule has 1 rings (SSSR count). The predicted octanol–water partition coefficient (Wildman–Crippen LogP) is 2.75. The summed E-state index contributed by atoms with van der Waals surface area (Å²) in [4.78, 5) is 0. The highest BCUT2D eigenvalue weighted by Gasteiger charge is 2.36. The van der Waals surface area contributed by atoms with E-state index >= 15 is 0 Å². The van der Waals surface area contributed by atoms with Gasteiger partial charge in [0.05, 0.1) is 11.2 Å². The van der Waals surface area contributed by atoms with Crippen molar-refractivity contribution in [1.82, 2.24) is 0 Å². The minimum atomic E-state index is -0.0644. The third-order valence-electron chi connectivity index (χ3n) is 2.17. The summed E-state index contributed by atoms with van der Waals surface area (Å²) in [6, 6.07) is 0. The number of hydrogen-bond acceptors (Lipinski definition) is 2. The first kappa shape index (κ1) is 11.5. The predicted molar refractivity (Wildman–Crippen MR) is 57.4 cm³/mol. The Kier molecular flexibility index (Phi) is 3.78. The van der Waals surface area contributed by atoms with Crippen LogP contribution in [0.15, 0.2) is 0 Å². The minimum absolute atomic E-state index is 0.00347. The summed E-state index contributed by atoms with van der Waals surface area (Å²) in [6.07, 6.45) is 1.99. The Hall–Kier alpha value is 0.400. The summed E-state index contributed by atoms with van der Waals surface area (Å²) in [6.45, 7) is 7.95. The van der Waals surface area contributed by atoms with Gasteiger partial charge in [-0.05, 0) is 20.8 Å². The first-order chi connectivity index (χ1) is 5.97. The second kappa shape index (κ2) is 4.28. The van der Waals surface area contributed by atoms with Crippen LogP contribution in [0, 0.1) is 0 Å². The summed E-state index contributed by atoms with van der Waals surface area (Å²) in [7, 11) is 0. The van der Waals surface area contributed by atoms with Gasteiger partial charge in [-0.15, -0.1) is 0 Å². The maximum absolute atomic E-state index is 6.09. The number of rotatable bonds is 2. The second-order valence-corrected chi connectivity index (χ2v) is 5.20. The van der Waals surface area contributed by atoms with E-state index in [0.29, 0.717) is 0 Å². The molecule has 1 saturated heterocycles. The molecule has 13 heavy (non-hydrogen) atoms. The van der Waals surface area contributed by atoms with Gasteiger partial charge in [0.2, 0.25) is 0 Å². The number of halogens is 1. The molecule has 0 N–H and O–H groups in total. The molecule has 3 heteroatoms. The molecule has 0 aliphatic carbocycles. The number of ether oxygens (including phenoxy) is 2. The van der Waals surface area contributed by atoms with E-state index in [0.717, 1.165) is 31.4 Å². The van der Waals surface area contributed by atoms with Crippen LogP contribution in [0.2, 0.25) is 0 Å². The Morgan fingerprint density at radius 3 is 2.23 bits per heavy atom. The van der Waals surface area contributed by atoms with Crippen molar-refractivity contribution < 1.29 is 9.47 Å². The summed E-state index contributed by atoms with van der Waals surface area (Å²) < 4.78 is 11.4. The Bertz CT molecular complexity index is 157. The molecule has 0 aromatic carbocycles. The monoisotopic (exact) mass is 250 g/mol. The van der Waals surface area contributed by atoms with E-state index < -0.39 is 0 Å². The standard InChI is InChI=1S/C10H19BrO2/c1-9(2,3)13-10(8-11)4-6-12-7-5-10/h4-8H2,1-3H3. The van der Waals surface area contributed by atoms with Crippen molar-refractivity contribution in [3.05, 3.63) is 0 Å². The zero-order chi connectivity index (χ0) is 9.95. The van der Waals surface area contributed by atoms with E-state index in [1.807, 2.05) is 0 Å². The molecule has 0 amide bonds. The van der Waals surface area contributed by atoms with E-state index in [4.69, 9.17) is 9.47 Å². The zero-order valence-electron chi connectivity index (χ0n) is 8.73. The molecule has 0 aromatic rings. The fourth-order valence-corrected chi connectivity index (χ4v) is 2.33. The molecule has 1 aliphatic heterocycles. The molecule has 0 spiro atoms. The third-order valence-corrected chi connectivity index (χ3v) is 3.19. The Labute approximate surface area is 89.1 Å². The van der Waals surface area contributed by atoms with Crippen molar-refractivity contribution in [2.45, 2.75) is 44.8 Å². The van der Waals surface area contributed by atoms with E-state index in [-0.39, 0.29) is 11.2 Å². The molecule has 0 aromatic heterocycles. The van der Waals surface area contributed by atoms with Crippen molar-refractivity contribution in [2.75, 3.05) is 18.5 Å². The summed E-state index contributed by atoms with van der Waals surface area (Å²) >= 11 is 3.54. The van der Waals surface area contributed by atoms with E-state index in [9.17, 15) is 0 Å². The zero-order valence-corrected chi connectivity index (χ0v) is 10.3. The smallest absolute Gasteiger partial charge is 0.0829 e. The first-order valence-corrected chi connectivity index (χ1v) is 5.93. The van der Waals surface area contributed by atoms with Gasteiger partial charge < -0.3 is 9.47 Å². The van der Waals surface area contributed by atoms with Crippen LogP contribution >= 0.6 is 15.9 Å². The Morgan fingerprint density at radius 1 is 1.31 bits per heavy atom. The Morgan fingerprint density at radius 2 is 1.85 bits per heavy atom. The highest BCUT2D eigenvalue weighted by Crippen LogP contribution is 2.31. The lowest BCUT2D eigenvalue weighted by atomic mass is 9.95. The maximum Gasteiger partial charge on any atom is 0.0829 e. The molecule has 0 saturated carbocycles. The van der Waals surface area contributed by atoms with Gasteiger partial charge in [0.15, 0.2) is 0 Å². The van der Waals surface area contributed by atoms with Crippen LogP contribution in [0.1, 0.15) is 33.6 Å². The molecule has 78 valence electrons. The van der Waals surface area contributed by atoms with Crippen LogP contribution < -0.4 is 0 Å². The topological polar surface area (TPSA) is 18.5 Å². The molecule has 0 unspecified atom stereocenters. The quantitative estimate of drug-likeness (QED) is 0.702. The Balaban J connectivity index is 2.57. The molecule has 1 heterocycles. The summed E-state index contributed by atoms with van der Waals surface area (Å²) in [5.41, 5.74) is -0.0678. The molecular weight excluding hydrogens is 232 g/mol. The maximum atomic E-state index is 6.09. The van der Waals surface area contributed by atoms with E-state index in [2.05, 4.69) is 36.7 Å². The third kappa shape index (κ3) is 3.56. The molecule has 1 aliphatic rings. The van der Waals surface area contributed by atoms with Gasteiger partial charge in [0.25, 0.3) is 0 Å². The second-order valence-electron chi connectivity index (χ2n) is 4.64. The van der Waals surface area contributed by atoms with Gasteiger partial charge in [-0.1, -0.05) is 15.9 Å². The van der Waals surface area contributed by atoms with Gasteiger partial charge in [-0.2, -0.15) is 0 Å². The number of alkyl halides is 1. The lowest BCUT2D eigenvalue weighted by Crippen LogP contribution is -2.45. The van der Waals surface area contributed by atoms with Gasteiger partial charge >= 0.3 is 0 Å². The largest absolute Gasteiger partial charge is 0.381 e. The van der Waals surface area contributed by atoms with Crippen LogP contribution in [0.25, 0.3) is 0 Å². The fourth-order valence-electron chi connectivity index (χ4n) is 1.66. The molecule has 0 bridgehead atoms. The summed E-state index contributed by atoms with van der Waals surface area (Å²) in [5, 5.41) is 0.903. The highest BCUT2D eigenvalue weighted by atomic mass is 79.9. The van der Waals surface area contributed by atoms with Crippen LogP contribution in [-0.2, 0) is 9.47 Å². The van der Waals surface area contributed by atoms with Crippen LogP contribution in [-0.4, -0.2) is 29.7 Å². The summed E-state index contributed by atoms with van der Waals surface area (Å²) in [5.74, 6) is 0. The van der Waals surface area contributed by atoms with Crippen molar-refractivity contribution in [3.8, 4) is 0 Å². The fraction of sp³-hybridized carbons (Fsp3) is 1.00. The van der Waals surface area contributed by atoms with Gasteiger partial charge in [-0.3, -0.25) is 0 Å². The normalized spacial score (nSPS) is 23.1. The molecule has 0 atom stereocenters. The molecule has 1 fully saturated rings. The van der Waals surface area contributed by atoms with E-state index in [1.54, 1.807) is 0 Å². The molecular formula is C10H19BrO2. The average Bonchev–Trinajstić information content (AvgIpc) is 2.03. The SMILES string of the molecule is CC(C)(C)OC1(CBr)CCOCC1. The van der Waals surface area contributed by atoms with Crippen molar-refractivity contribution in [3.63, 3.8) is 0 Å². The molecule has 0 radical (unpaired) electrons. The lowest BCUT2D eigenvalue weighted by molar-refractivity contribution is -0.157. The molecule has 2 nitrogen and oxygen atoms in total. The van der Waals surface area contributed by atoms with Gasteiger partial charge in [-0.25, -0.2) is 0 Å². The van der Waals surface area contributed by atoms with Gasteiger partial charge in [0, 0.05) is 31.4 Å². The highest BCUT2D eigenvalue weighted by molar-refractivity contribution is 9.09. The van der Waals surface area contributed by atoms with Crippen molar-refractivity contribution >= 4 is 15.9 Å². The van der Waals surface area contributed by atoms with E-state index in [1.165, 1.54) is 0 Å². The minimum Gasteiger partial charge on any atom is -0.381 e. The average molecular weight is 251 g/mol. The lowest BCUT2D eigenvalue weighted by Gasteiger charge is -2.40. The number of hydrogen-bond donors (Lipinski definition) is 0. The first-order valence-electron chi connectivity index (χ1n) is 4.81. The van der Waals surface area contributed by atoms with Gasteiger partial charge in [0.1, 0.15) is 0 Å². The van der Waals surface area contributed by atoms with Crippen molar-refractivity contribution in [1.29, 1.82) is 0 Å². The van der Waals surface area contributed by atoms with Crippen LogP contribution in [0.5, 0.6) is 0 Å². The van der Waals surface area contributed by atoms with Crippen LogP contribution in [0.3, 0.4) is 0 Å². The van der Waals surface area contributed by atoms with Crippen LogP contribution in [0.4, 0.5) is 0 Å². The van der Waals surface area contributed by atoms with Crippen molar-refractivity contribution in [2.24, 2.45) is 0 Å².